The molecule has 0 aliphatic rings. The maximum absolute atomic E-state index is 11.3. The Balaban J connectivity index is 2.53. The Morgan fingerprint density at radius 3 is 2.42 bits per heavy atom. The fourth-order valence-electron chi connectivity index (χ4n) is 1.50. The summed E-state index contributed by atoms with van der Waals surface area (Å²) in [7, 11) is 3.07. The number of carboxylic acid groups (broad SMARTS) is 1. The van der Waals surface area contributed by atoms with Crippen LogP contribution in [-0.4, -0.2) is 26.1 Å². The average molecular weight is 266 g/mol. The van der Waals surface area contributed by atoms with Crippen molar-refractivity contribution >= 4 is 11.9 Å². The third-order valence-corrected chi connectivity index (χ3v) is 2.49. The van der Waals surface area contributed by atoms with Crippen LogP contribution in [-0.2, 0) is 16.1 Å². The summed E-state index contributed by atoms with van der Waals surface area (Å²) in [5.74, 6) is -0.390. The van der Waals surface area contributed by atoms with Gasteiger partial charge in [-0.1, -0.05) is 6.07 Å². The Labute approximate surface area is 111 Å². The van der Waals surface area contributed by atoms with Crippen LogP contribution in [0.25, 0.3) is 0 Å². The minimum atomic E-state index is -1.23. The van der Waals surface area contributed by atoms with Crippen molar-refractivity contribution in [3.63, 3.8) is 0 Å². The van der Waals surface area contributed by atoms with Crippen molar-refractivity contribution < 1.29 is 24.2 Å². The van der Waals surface area contributed by atoms with E-state index < -0.39 is 5.97 Å². The molecule has 0 spiro atoms. The van der Waals surface area contributed by atoms with Gasteiger partial charge in [-0.25, -0.2) is 0 Å². The molecule has 6 nitrogen and oxygen atoms in total. The minimum absolute atomic E-state index is 0.0877. The average Bonchev–Trinajstić information content (AvgIpc) is 2.42. The van der Waals surface area contributed by atoms with E-state index in [1.807, 2.05) is 0 Å². The zero-order valence-corrected chi connectivity index (χ0v) is 10.9. The third-order valence-electron chi connectivity index (χ3n) is 2.49. The summed E-state index contributed by atoms with van der Waals surface area (Å²) in [5, 5.41) is 12.8. The molecule has 0 atom stereocenters. The van der Waals surface area contributed by atoms with Gasteiger partial charge in [-0.15, -0.1) is 0 Å². The number of hydrogen-bond acceptors (Lipinski definition) is 5. The Bertz CT molecular complexity index is 458. The molecule has 0 saturated heterocycles. The number of ether oxygens (including phenoxy) is 2. The molecule has 1 rings (SSSR count). The van der Waals surface area contributed by atoms with E-state index in [9.17, 15) is 14.7 Å². The number of carbonyl (C=O) groups excluding carboxylic acids is 2. The van der Waals surface area contributed by atoms with E-state index in [0.29, 0.717) is 18.0 Å². The van der Waals surface area contributed by atoms with Gasteiger partial charge in [0.2, 0.25) is 5.91 Å². The molecule has 1 aromatic carbocycles. The molecule has 0 radical (unpaired) electrons. The van der Waals surface area contributed by atoms with Gasteiger partial charge in [0, 0.05) is 18.9 Å². The molecule has 0 aliphatic carbocycles. The summed E-state index contributed by atoms with van der Waals surface area (Å²) in [4.78, 5) is 21.6. The number of hydrogen-bond donors (Lipinski definition) is 1. The molecular weight excluding hydrogens is 250 g/mol. The van der Waals surface area contributed by atoms with Crippen molar-refractivity contribution in [2.24, 2.45) is 0 Å². The van der Waals surface area contributed by atoms with Crippen LogP contribution in [0.5, 0.6) is 11.5 Å². The van der Waals surface area contributed by atoms with Crippen molar-refractivity contribution in [1.82, 2.24) is 5.32 Å². The first-order valence-electron chi connectivity index (χ1n) is 5.74. The van der Waals surface area contributed by atoms with Crippen LogP contribution in [0.2, 0.25) is 0 Å². The van der Waals surface area contributed by atoms with Crippen LogP contribution < -0.4 is 19.9 Å². The smallest absolute Gasteiger partial charge is 0.220 e. The van der Waals surface area contributed by atoms with Gasteiger partial charge in [-0.05, 0) is 24.1 Å². The molecule has 6 heteroatoms. The highest BCUT2D eigenvalue weighted by Crippen LogP contribution is 2.27. The molecule has 0 saturated carbocycles. The lowest BCUT2D eigenvalue weighted by Crippen LogP contribution is -2.27. The topological polar surface area (TPSA) is 87.7 Å². The quantitative estimate of drug-likeness (QED) is 0.741. The Morgan fingerprint density at radius 1 is 1.16 bits per heavy atom. The van der Waals surface area contributed by atoms with E-state index in [1.54, 1.807) is 25.3 Å². The van der Waals surface area contributed by atoms with Crippen LogP contribution >= 0.6 is 0 Å². The molecule has 0 bridgehead atoms. The number of rotatable bonds is 7. The van der Waals surface area contributed by atoms with Crippen molar-refractivity contribution in [2.45, 2.75) is 19.4 Å². The van der Waals surface area contributed by atoms with Crippen LogP contribution in [0.3, 0.4) is 0 Å². The molecule has 1 amide bonds. The van der Waals surface area contributed by atoms with Crippen molar-refractivity contribution in [2.75, 3.05) is 14.2 Å². The predicted octanol–water partition coefficient (Wildman–Crippen LogP) is -0.150. The molecule has 0 aliphatic heterocycles. The van der Waals surface area contributed by atoms with E-state index in [0.717, 1.165) is 5.56 Å². The molecular formula is C13H16NO5-. The number of nitrogens with one attached hydrogen (secondary N) is 1. The summed E-state index contributed by atoms with van der Waals surface area (Å²) in [6.07, 6.45) is -0.368. The van der Waals surface area contributed by atoms with Crippen molar-refractivity contribution in [1.29, 1.82) is 0 Å². The lowest BCUT2D eigenvalue weighted by Gasteiger charge is -2.10. The Kier molecular flexibility index (Phi) is 5.66. The SMILES string of the molecule is COc1ccc(CNC(=O)CCC(=O)[O-])cc1OC. The van der Waals surface area contributed by atoms with Gasteiger partial charge in [-0.2, -0.15) is 0 Å². The normalized spacial score (nSPS) is 9.79. The number of carbonyl (C=O) groups is 2. The van der Waals surface area contributed by atoms with E-state index >= 15 is 0 Å². The van der Waals surface area contributed by atoms with Crippen LogP contribution in [0.4, 0.5) is 0 Å². The molecule has 0 fully saturated rings. The fourth-order valence-corrected chi connectivity index (χ4v) is 1.50. The number of amides is 1. The fraction of sp³-hybridized carbons (Fsp3) is 0.385. The minimum Gasteiger partial charge on any atom is -0.550 e. The van der Waals surface area contributed by atoms with E-state index in [-0.39, 0.29) is 18.7 Å². The zero-order valence-electron chi connectivity index (χ0n) is 10.9. The first-order valence-corrected chi connectivity index (χ1v) is 5.74. The third kappa shape index (κ3) is 4.87. The summed E-state index contributed by atoms with van der Waals surface area (Å²) in [5.41, 5.74) is 0.833. The highest BCUT2D eigenvalue weighted by Gasteiger charge is 2.06. The maximum atomic E-state index is 11.3. The lowest BCUT2D eigenvalue weighted by molar-refractivity contribution is -0.305. The second-order valence-corrected chi connectivity index (χ2v) is 3.84. The van der Waals surface area contributed by atoms with Gasteiger partial charge in [0.25, 0.3) is 0 Å². The number of methoxy groups -OCH3 is 2. The molecule has 1 N–H and O–H groups in total. The highest BCUT2D eigenvalue weighted by molar-refractivity contribution is 5.79. The molecule has 0 aromatic heterocycles. The number of aliphatic carboxylic acids is 1. The second kappa shape index (κ2) is 7.25. The summed E-state index contributed by atoms with van der Waals surface area (Å²) >= 11 is 0. The summed E-state index contributed by atoms with van der Waals surface area (Å²) < 4.78 is 10.2. The molecule has 104 valence electrons. The van der Waals surface area contributed by atoms with Gasteiger partial charge in [0.1, 0.15) is 0 Å². The Hall–Kier alpha value is -2.24. The molecule has 0 heterocycles. The standard InChI is InChI=1S/C13H17NO5/c1-18-10-4-3-9(7-11(10)19-2)8-14-12(15)5-6-13(16)17/h3-4,7H,5-6,8H2,1-2H3,(H,14,15)(H,16,17)/p-1. The summed E-state index contributed by atoms with van der Waals surface area (Å²) in [6, 6.07) is 5.28. The van der Waals surface area contributed by atoms with Gasteiger partial charge in [0.15, 0.2) is 11.5 Å². The first-order chi connectivity index (χ1) is 9.06. The zero-order chi connectivity index (χ0) is 14.3. The highest BCUT2D eigenvalue weighted by atomic mass is 16.5. The van der Waals surface area contributed by atoms with Gasteiger partial charge >= 0.3 is 0 Å². The van der Waals surface area contributed by atoms with Crippen LogP contribution in [0, 0.1) is 0 Å². The van der Waals surface area contributed by atoms with E-state index in [4.69, 9.17) is 9.47 Å². The van der Waals surface area contributed by atoms with E-state index in [1.165, 1.54) is 7.11 Å². The van der Waals surface area contributed by atoms with Gasteiger partial charge in [-0.3, -0.25) is 4.79 Å². The van der Waals surface area contributed by atoms with Gasteiger partial charge < -0.3 is 24.7 Å². The molecule has 0 unspecified atom stereocenters. The van der Waals surface area contributed by atoms with Crippen LogP contribution in [0.15, 0.2) is 18.2 Å². The second-order valence-electron chi connectivity index (χ2n) is 3.84. The van der Waals surface area contributed by atoms with Gasteiger partial charge in [0.05, 0.1) is 14.2 Å². The Morgan fingerprint density at radius 2 is 1.84 bits per heavy atom. The molecule has 1 aromatic rings. The first kappa shape index (κ1) is 14.8. The lowest BCUT2D eigenvalue weighted by atomic mass is 10.2. The maximum Gasteiger partial charge on any atom is 0.220 e. The molecule has 19 heavy (non-hydrogen) atoms. The van der Waals surface area contributed by atoms with E-state index in [2.05, 4.69) is 5.32 Å². The van der Waals surface area contributed by atoms with Crippen LogP contribution in [0.1, 0.15) is 18.4 Å². The number of carboxylic acids is 1. The largest absolute Gasteiger partial charge is 0.550 e. The monoisotopic (exact) mass is 266 g/mol. The predicted molar refractivity (Wildman–Crippen MR) is 65.6 cm³/mol. The summed E-state index contributed by atoms with van der Waals surface area (Å²) in [6.45, 7) is 0.298. The van der Waals surface area contributed by atoms with Crippen molar-refractivity contribution in [3.8, 4) is 11.5 Å². The van der Waals surface area contributed by atoms with Crippen molar-refractivity contribution in [3.05, 3.63) is 23.8 Å². The number of benzene rings is 1.